The molecule has 8 saturated carbocycles. The fourth-order valence-corrected chi connectivity index (χ4v) is 17.6. The van der Waals surface area contributed by atoms with Crippen molar-refractivity contribution in [3.05, 3.63) is 0 Å². The summed E-state index contributed by atoms with van der Waals surface area (Å²) in [6.07, 6.45) is 22.3. The molecular formula is C38H64O7P2. The van der Waals surface area contributed by atoms with E-state index >= 15 is 0 Å². The maximum atomic E-state index is 13.2. The highest BCUT2D eigenvalue weighted by molar-refractivity contribution is 7.61. The van der Waals surface area contributed by atoms with Crippen molar-refractivity contribution in [2.24, 2.45) is 69.0 Å². The molecule has 8 rings (SSSR count). The van der Waals surface area contributed by atoms with Crippen LogP contribution in [-0.4, -0.2) is 22.0 Å². The average Bonchev–Trinajstić information content (AvgIpc) is 3.59. The molecule has 0 aliphatic heterocycles. The van der Waals surface area contributed by atoms with E-state index in [9.17, 15) is 18.9 Å². The van der Waals surface area contributed by atoms with E-state index in [0.29, 0.717) is 35.5 Å². The number of hydrogen-bond acceptors (Lipinski definition) is 5. The van der Waals surface area contributed by atoms with E-state index in [2.05, 4.69) is 27.7 Å². The smallest absolute Gasteiger partial charge is 0.302 e. The van der Waals surface area contributed by atoms with E-state index in [-0.39, 0.29) is 10.8 Å². The molecule has 8 aliphatic rings. The van der Waals surface area contributed by atoms with Gasteiger partial charge in [-0.25, -0.2) is 9.13 Å². The standard InChI is InChI=1S/C38H64O7P2/c1-35-17-5-7-31(35)29-11-9-25-23-27(13-21-37(25,3)33(29)15-19-35)43-46(39,40)45-47(41,42)44-28-14-22-38(4)26(24-28)10-12-30-32-8-6-18-36(32,2)20-16-34(30)38/h25-34H,5-24H2,1-4H3,(H,39,40)(H,41,42)/t25-,26-,27+,28+,29-,30-,31-,32-,33-,34-,35-,36-,37-,38-/m0/s1. The third-order valence-corrected chi connectivity index (χ3v) is 20.3. The Balaban J connectivity index is 0.855. The fraction of sp³-hybridized carbons (Fsp3) is 1.00. The fourth-order valence-electron chi connectivity index (χ4n) is 15.2. The van der Waals surface area contributed by atoms with Crippen LogP contribution in [0.5, 0.6) is 0 Å². The van der Waals surface area contributed by atoms with Gasteiger partial charge in [0, 0.05) is 0 Å². The molecule has 16 atom stereocenters. The van der Waals surface area contributed by atoms with E-state index < -0.39 is 27.9 Å². The lowest BCUT2D eigenvalue weighted by atomic mass is 9.45. The zero-order valence-electron chi connectivity index (χ0n) is 29.7. The normalized spacial score (nSPS) is 54.9. The van der Waals surface area contributed by atoms with Gasteiger partial charge in [0.05, 0.1) is 12.2 Å². The molecule has 0 heterocycles. The lowest BCUT2D eigenvalue weighted by Crippen LogP contribution is -2.53. The minimum Gasteiger partial charge on any atom is -0.302 e. The molecule has 0 amide bonds. The Morgan fingerprint density at radius 3 is 1.36 bits per heavy atom. The van der Waals surface area contributed by atoms with Crippen molar-refractivity contribution >= 4 is 15.6 Å². The van der Waals surface area contributed by atoms with Gasteiger partial charge in [0.2, 0.25) is 0 Å². The second-order valence-corrected chi connectivity index (χ2v) is 22.5. The van der Waals surface area contributed by atoms with Gasteiger partial charge in [-0.2, -0.15) is 4.31 Å². The summed E-state index contributed by atoms with van der Waals surface area (Å²) in [6.45, 7) is 10.0. The number of fused-ring (bicyclic) bond motifs is 10. The van der Waals surface area contributed by atoms with Crippen molar-refractivity contribution in [1.29, 1.82) is 0 Å². The Kier molecular flexibility index (Phi) is 8.69. The highest BCUT2D eigenvalue weighted by Crippen LogP contribution is 2.70. The monoisotopic (exact) mass is 694 g/mol. The van der Waals surface area contributed by atoms with Crippen LogP contribution in [0.4, 0.5) is 0 Å². The molecule has 7 nitrogen and oxygen atoms in total. The largest absolute Gasteiger partial charge is 0.481 e. The van der Waals surface area contributed by atoms with Gasteiger partial charge in [0.1, 0.15) is 0 Å². The van der Waals surface area contributed by atoms with Crippen molar-refractivity contribution in [3.8, 4) is 0 Å². The molecule has 47 heavy (non-hydrogen) atoms. The minimum absolute atomic E-state index is 0.241. The summed E-state index contributed by atoms with van der Waals surface area (Å²) in [6, 6.07) is 0. The Morgan fingerprint density at radius 1 is 0.511 bits per heavy atom. The third kappa shape index (κ3) is 5.87. The molecule has 0 aromatic rings. The van der Waals surface area contributed by atoms with Crippen LogP contribution in [0.25, 0.3) is 0 Å². The third-order valence-electron chi connectivity index (χ3n) is 17.6. The summed E-state index contributed by atoms with van der Waals surface area (Å²) >= 11 is 0. The van der Waals surface area contributed by atoms with Gasteiger partial charge < -0.3 is 9.79 Å². The minimum atomic E-state index is -4.79. The molecule has 8 fully saturated rings. The van der Waals surface area contributed by atoms with Crippen LogP contribution in [0.3, 0.4) is 0 Å². The zero-order chi connectivity index (χ0) is 33.0. The topological polar surface area (TPSA) is 102 Å². The van der Waals surface area contributed by atoms with Crippen molar-refractivity contribution in [2.45, 2.75) is 168 Å². The molecule has 2 unspecified atom stereocenters. The van der Waals surface area contributed by atoms with Gasteiger partial charge in [0.25, 0.3) is 0 Å². The number of rotatable bonds is 6. The lowest BCUT2D eigenvalue weighted by molar-refractivity contribution is -0.121. The van der Waals surface area contributed by atoms with E-state index in [1.165, 1.54) is 77.0 Å². The molecule has 0 aromatic carbocycles. The summed E-state index contributed by atoms with van der Waals surface area (Å²) in [5.74, 6) is 5.72. The van der Waals surface area contributed by atoms with Crippen LogP contribution < -0.4 is 0 Å². The van der Waals surface area contributed by atoms with E-state index in [4.69, 9.17) is 13.4 Å². The van der Waals surface area contributed by atoms with Crippen molar-refractivity contribution in [2.75, 3.05) is 0 Å². The van der Waals surface area contributed by atoms with Gasteiger partial charge in [-0.05, 0) is 185 Å². The predicted octanol–water partition coefficient (Wildman–Crippen LogP) is 10.8. The summed E-state index contributed by atoms with van der Waals surface area (Å²) in [5.41, 5.74) is 1.56. The first-order chi connectivity index (χ1) is 22.1. The van der Waals surface area contributed by atoms with E-state index in [0.717, 1.165) is 74.0 Å². The first kappa shape index (κ1) is 34.4. The van der Waals surface area contributed by atoms with Crippen LogP contribution in [0.15, 0.2) is 0 Å². The zero-order valence-corrected chi connectivity index (χ0v) is 31.5. The SMILES string of the molecule is C[C@@]12CCC[C@H]1[C@@H]1CC[C@H]3C[C@H](OP(=O)(O)OP(=O)(O)O[C@@H]4CC[C@@]5(C)[C@@H](CC[C@H]6[C@@H]7CCC[C@@]7(C)CC[C@@H]65)C4)CC[C@]3(C)[C@H]1CC2. The first-order valence-corrected chi connectivity index (χ1v) is 22.9. The predicted molar refractivity (Wildman–Crippen MR) is 183 cm³/mol. The Morgan fingerprint density at radius 2 is 0.936 bits per heavy atom. The van der Waals surface area contributed by atoms with E-state index in [1.54, 1.807) is 0 Å². The highest BCUT2D eigenvalue weighted by atomic mass is 31.3. The lowest BCUT2D eigenvalue weighted by Gasteiger charge is -2.60. The first-order valence-electron chi connectivity index (χ1n) is 19.9. The van der Waals surface area contributed by atoms with Crippen LogP contribution in [-0.2, 0) is 22.5 Å². The molecule has 8 aliphatic carbocycles. The summed E-state index contributed by atoms with van der Waals surface area (Å²) in [4.78, 5) is 21.5. The second kappa shape index (κ2) is 11.9. The summed E-state index contributed by atoms with van der Waals surface area (Å²) in [5, 5.41) is 0. The summed E-state index contributed by atoms with van der Waals surface area (Å²) < 4.78 is 42.9. The Labute approximate surface area is 284 Å². The number of phosphoric acid groups is 2. The van der Waals surface area contributed by atoms with E-state index in [1.807, 2.05) is 0 Å². The van der Waals surface area contributed by atoms with Crippen LogP contribution in [0.1, 0.15) is 156 Å². The molecule has 2 N–H and O–H groups in total. The molecule has 268 valence electrons. The van der Waals surface area contributed by atoms with Gasteiger partial charge in [0.15, 0.2) is 0 Å². The van der Waals surface area contributed by atoms with Crippen LogP contribution in [0, 0.1) is 69.0 Å². The van der Waals surface area contributed by atoms with Gasteiger partial charge >= 0.3 is 15.6 Å². The maximum Gasteiger partial charge on any atom is 0.481 e. The van der Waals surface area contributed by atoms with Gasteiger partial charge in [-0.3, -0.25) is 9.05 Å². The average molecular weight is 695 g/mol. The summed E-state index contributed by atoms with van der Waals surface area (Å²) in [7, 11) is -9.58. The number of hydrogen-bond donors (Lipinski definition) is 2. The van der Waals surface area contributed by atoms with Gasteiger partial charge in [-0.1, -0.05) is 40.5 Å². The van der Waals surface area contributed by atoms with Crippen LogP contribution in [0.2, 0.25) is 0 Å². The van der Waals surface area contributed by atoms with Crippen molar-refractivity contribution in [3.63, 3.8) is 0 Å². The highest BCUT2D eigenvalue weighted by Gasteiger charge is 2.60. The van der Waals surface area contributed by atoms with Crippen LogP contribution >= 0.6 is 15.6 Å². The Hall–Kier alpha value is 0.260. The molecule has 0 spiro atoms. The molecule has 0 bridgehead atoms. The second-order valence-electron chi connectivity index (χ2n) is 19.5. The van der Waals surface area contributed by atoms with Crippen molar-refractivity contribution < 1.29 is 32.3 Å². The molecule has 0 radical (unpaired) electrons. The molecular weight excluding hydrogens is 630 g/mol. The quantitative estimate of drug-likeness (QED) is 0.267. The van der Waals surface area contributed by atoms with Crippen molar-refractivity contribution in [1.82, 2.24) is 0 Å². The number of phosphoric ester groups is 2. The van der Waals surface area contributed by atoms with Gasteiger partial charge in [-0.15, -0.1) is 0 Å². The molecule has 0 saturated heterocycles. The molecule has 9 heteroatoms. The maximum absolute atomic E-state index is 13.2. The molecule has 0 aromatic heterocycles. The Bertz CT molecular complexity index is 1210.